The maximum absolute atomic E-state index is 12.4. The predicted molar refractivity (Wildman–Crippen MR) is 93.7 cm³/mol. The van der Waals surface area contributed by atoms with Crippen molar-refractivity contribution in [2.24, 2.45) is 5.92 Å². The largest absolute Gasteiger partial charge is 0.379 e. The Morgan fingerprint density at radius 2 is 2.16 bits per heavy atom. The summed E-state index contributed by atoms with van der Waals surface area (Å²) < 4.78 is 7.31. The Bertz CT molecular complexity index is 986. The minimum absolute atomic E-state index is 0.194. The Hall–Kier alpha value is -3.11. The van der Waals surface area contributed by atoms with Crippen LogP contribution in [-0.4, -0.2) is 28.0 Å². The monoisotopic (exact) mass is 335 g/mol. The van der Waals surface area contributed by atoms with E-state index < -0.39 is 0 Å². The lowest BCUT2D eigenvalue weighted by Gasteiger charge is -2.27. The van der Waals surface area contributed by atoms with E-state index in [1.165, 1.54) is 0 Å². The Kier molecular flexibility index (Phi) is 3.96. The van der Waals surface area contributed by atoms with Gasteiger partial charge in [0, 0.05) is 18.5 Å². The summed E-state index contributed by atoms with van der Waals surface area (Å²) in [5.41, 5.74) is 1.32. The fourth-order valence-corrected chi connectivity index (χ4v) is 3.21. The molecule has 0 spiro atoms. The van der Waals surface area contributed by atoms with Gasteiger partial charge in [-0.15, -0.1) is 0 Å². The number of rotatable bonds is 3. The van der Waals surface area contributed by atoms with Crippen LogP contribution in [-0.2, 0) is 4.74 Å². The van der Waals surface area contributed by atoms with E-state index in [1.54, 1.807) is 10.9 Å². The van der Waals surface area contributed by atoms with E-state index in [-0.39, 0.29) is 17.5 Å². The standard InChI is InChI=1S/C18H17N5O2/c19-10-12-7-9-25-11-15(12)23-14-6-8-20-18(24)16(14)17(22-23)21-13-4-2-1-3-5-13/h1-6,8,12,15H,7,9,11H2,(H,20,24)(H,21,22). The number of hydrogen-bond donors (Lipinski definition) is 2. The molecule has 2 unspecified atom stereocenters. The first kappa shape index (κ1) is 15.4. The number of nitrogens with zero attached hydrogens (tertiary/aromatic N) is 3. The van der Waals surface area contributed by atoms with Gasteiger partial charge in [0.2, 0.25) is 0 Å². The number of nitriles is 1. The average molecular weight is 335 g/mol. The lowest BCUT2D eigenvalue weighted by molar-refractivity contribution is 0.0359. The first-order valence-corrected chi connectivity index (χ1v) is 8.17. The molecule has 25 heavy (non-hydrogen) atoms. The van der Waals surface area contributed by atoms with Crippen molar-refractivity contribution in [2.45, 2.75) is 12.5 Å². The van der Waals surface area contributed by atoms with Gasteiger partial charge in [0.25, 0.3) is 5.56 Å². The van der Waals surface area contributed by atoms with Crippen LogP contribution in [0.25, 0.3) is 10.9 Å². The molecule has 1 aromatic carbocycles. The number of aromatic amines is 1. The van der Waals surface area contributed by atoms with Crippen LogP contribution in [0.15, 0.2) is 47.4 Å². The number of aromatic nitrogens is 3. The van der Waals surface area contributed by atoms with Gasteiger partial charge in [0.15, 0.2) is 5.82 Å². The molecule has 4 rings (SSSR count). The molecule has 0 bridgehead atoms. The molecule has 2 atom stereocenters. The van der Waals surface area contributed by atoms with Crippen LogP contribution >= 0.6 is 0 Å². The number of hydrogen-bond acceptors (Lipinski definition) is 5. The number of H-pyrrole nitrogens is 1. The van der Waals surface area contributed by atoms with Crippen LogP contribution in [0.5, 0.6) is 0 Å². The number of nitrogens with one attached hydrogen (secondary N) is 2. The second-order valence-electron chi connectivity index (χ2n) is 6.02. The number of anilines is 2. The highest BCUT2D eigenvalue weighted by molar-refractivity contribution is 5.91. The van der Waals surface area contributed by atoms with E-state index in [2.05, 4.69) is 21.5 Å². The molecular weight excluding hydrogens is 318 g/mol. The van der Waals surface area contributed by atoms with Crippen molar-refractivity contribution in [2.75, 3.05) is 18.5 Å². The van der Waals surface area contributed by atoms with Crippen LogP contribution in [0, 0.1) is 17.2 Å². The van der Waals surface area contributed by atoms with Gasteiger partial charge in [0.05, 0.1) is 30.2 Å². The van der Waals surface area contributed by atoms with Crippen LogP contribution in [0.3, 0.4) is 0 Å². The zero-order chi connectivity index (χ0) is 17.2. The highest BCUT2D eigenvalue weighted by atomic mass is 16.5. The molecule has 0 amide bonds. The number of fused-ring (bicyclic) bond motifs is 1. The number of para-hydroxylation sites is 1. The first-order chi connectivity index (χ1) is 12.3. The molecule has 2 N–H and O–H groups in total. The van der Waals surface area contributed by atoms with Gasteiger partial charge in [-0.25, -0.2) is 0 Å². The summed E-state index contributed by atoms with van der Waals surface area (Å²) in [6.07, 6.45) is 2.26. The maximum Gasteiger partial charge on any atom is 0.261 e. The first-order valence-electron chi connectivity index (χ1n) is 8.17. The minimum Gasteiger partial charge on any atom is -0.379 e. The Labute approximate surface area is 143 Å². The zero-order valence-corrected chi connectivity index (χ0v) is 13.5. The van der Waals surface area contributed by atoms with Crippen molar-refractivity contribution in [1.82, 2.24) is 14.8 Å². The van der Waals surface area contributed by atoms with E-state index in [0.717, 1.165) is 5.69 Å². The van der Waals surface area contributed by atoms with Crippen molar-refractivity contribution in [1.29, 1.82) is 5.26 Å². The van der Waals surface area contributed by atoms with Gasteiger partial charge >= 0.3 is 0 Å². The summed E-state index contributed by atoms with van der Waals surface area (Å²) >= 11 is 0. The van der Waals surface area contributed by atoms with Gasteiger partial charge in [0.1, 0.15) is 5.39 Å². The molecule has 126 valence electrons. The fraction of sp³-hybridized carbons (Fsp3) is 0.278. The zero-order valence-electron chi connectivity index (χ0n) is 13.5. The lowest BCUT2D eigenvalue weighted by atomic mass is 9.96. The summed E-state index contributed by atoms with van der Waals surface area (Å²) in [6.45, 7) is 0.982. The summed E-state index contributed by atoms with van der Waals surface area (Å²) in [4.78, 5) is 15.1. The molecule has 1 aliphatic rings. The smallest absolute Gasteiger partial charge is 0.261 e. The van der Waals surface area contributed by atoms with Gasteiger partial charge in [-0.3, -0.25) is 9.48 Å². The van der Waals surface area contributed by atoms with Crippen molar-refractivity contribution in [3.05, 3.63) is 52.9 Å². The SMILES string of the molecule is N#CC1CCOCC1n1nc(Nc2ccccc2)c2c(=O)[nH]ccc21. The third-order valence-electron chi connectivity index (χ3n) is 4.47. The van der Waals surface area contributed by atoms with Crippen molar-refractivity contribution in [3.8, 4) is 6.07 Å². The average Bonchev–Trinajstić information content (AvgIpc) is 3.02. The third-order valence-corrected chi connectivity index (χ3v) is 4.47. The van der Waals surface area contributed by atoms with E-state index in [9.17, 15) is 10.1 Å². The molecule has 1 aliphatic heterocycles. The van der Waals surface area contributed by atoms with Crippen molar-refractivity contribution < 1.29 is 4.74 Å². The van der Waals surface area contributed by atoms with Crippen LogP contribution in [0.1, 0.15) is 12.5 Å². The van der Waals surface area contributed by atoms with Gasteiger partial charge in [-0.2, -0.15) is 10.4 Å². The van der Waals surface area contributed by atoms with Gasteiger partial charge in [-0.05, 0) is 24.6 Å². The normalized spacial score (nSPS) is 20.3. The topological polar surface area (TPSA) is 95.7 Å². The molecule has 3 aromatic rings. The highest BCUT2D eigenvalue weighted by Crippen LogP contribution is 2.31. The molecule has 7 nitrogen and oxygen atoms in total. The van der Waals surface area contributed by atoms with Crippen molar-refractivity contribution in [3.63, 3.8) is 0 Å². The summed E-state index contributed by atoms with van der Waals surface area (Å²) in [5, 5.41) is 17.8. The van der Waals surface area contributed by atoms with E-state index >= 15 is 0 Å². The van der Waals surface area contributed by atoms with Crippen LogP contribution in [0.2, 0.25) is 0 Å². The predicted octanol–water partition coefficient (Wildman–Crippen LogP) is 2.57. The van der Waals surface area contributed by atoms with Crippen molar-refractivity contribution >= 4 is 22.4 Å². The summed E-state index contributed by atoms with van der Waals surface area (Å²) in [7, 11) is 0. The lowest BCUT2D eigenvalue weighted by Crippen LogP contribution is -2.30. The van der Waals surface area contributed by atoms with Crippen LogP contribution in [0.4, 0.5) is 11.5 Å². The number of benzene rings is 1. The summed E-state index contributed by atoms with van der Waals surface area (Å²) in [6, 6.07) is 13.5. The third kappa shape index (κ3) is 2.77. The molecular formula is C18H17N5O2. The molecule has 1 fully saturated rings. The molecule has 7 heteroatoms. The molecule has 2 aromatic heterocycles. The fourth-order valence-electron chi connectivity index (χ4n) is 3.21. The van der Waals surface area contributed by atoms with E-state index in [1.807, 2.05) is 36.4 Å². The Morgan fingerprint density at radius 3 is 2.96 bits per heavy atom. The molecule has 0 saturated carbocycles. The Morgan fingerprint density at radius 1 is 1.32 bits per heavy atom. The second-order valence-corrected chi connectivity index (χ2v) is 6.02. The number of ether oxygens (including phenoxy) is 1. The quantitative estimate of drug-likeness (QED) is 0.767. The number of pyridine rings is 1. The van der Waals surface area contributed by atoms with E-state index in [4.69, 9.17) is 4.74 Å². The highest BCUT2D eigenvalue weighted by Gasteiger charge is 2.30. The minimum atomic E-state index is -0.215. The maximum atomic E-state index is 12.4. The van der Waals surface area contributed by atoms with E-state index in [0.29, 0.717) is 36.4 Å². The Balaban J connectivity index is 1.84. The molecule has 1 saturated heterocycles. The summed E-state index contributed by atoms with van der Waals surface area (Å²) in [5.74, 6) is 0.283. The van der Waals surface area contributed by atoms with Gasteiger partial charge < -0.3 is 15.0 Å². The molecule has 0 aliphatic carbocycles. The molecule has 0 radical (unpaired) electrons. The van der Waals surface area contributed by atoms with Gasteiger partial charge in [-0.1, -0.05) is 18.2 Å². The molecule has 3 heterocycles. The second kappa shape index (κ2) is 6.42. The van der Waals surface area contributed by atoms with Crippen LogP contribution < -0.4 is 10.9 Å².